The molecule has 3 amide bonds. The van der Waals surface area contributed by atoms with Crippen molar-refractivity contribution >= 4 is 23.5 Å². The van der Waals surface area contributed by atoms with Crippen LogP contribution in [0.5, 0.6) is 0 Å². The third-order valence-corrected chi connectivity index (χ3v) is 9.75. The first-order chi connectivity index (χ1) is 21.3. The molecule has 2 aromatic rings. The first-order valence-corrected chi connectivity index (χ1v) is 16.5. The van der Waals surface area contributed by atoms with Crippen molar-refractivity contribution < 1.29 is 19.2 Å². The molecule has 2 N–H and O–H groups in total. The van der Waals surface area contributed by atoms with Gasteiger partial charge in [-0.2, -0.15) is 5.10 Å². The fourth-order valence-electron chi connectivity index (χ4n) is 7.15. The van der Waals surface area contributed by atoms with Gasteiger partial charge in [0.2, 0.25) is 11.8 Å². The Morgan fingerprint density at radius 1 is 0.886 bits per heavy atom. The number of rotatable bonds is 11. The number of Topliss-reactive ketones (excluding diaryl/α,β-unsaturated/α-hetero) is 1. The second kappa shape index (κ2) is 15.0. The standard InChI is InChI=1S/C34H48N6O4/c1-3-31(42)36-28(34(44)40-20-19-39-18-8-7-11-27(39)23-40)21-24-12-14-25(15-13-24)22-30(41)32(26-9-5-4-6-10-26)37-33(43)29-16-17-35-38(29)2/h12-17,26-28,32H,3-11,18-23H2,1-2H3,(H,36,42)(H,37,43)/t27-,28+,32-/m0/s1. The van der Waals surface area contributed by atoms with Gasteiger partial charge < -0.3 is 15.5 Å². The van der Waals surface area contributed by atoms with Crippen molar-refractivity contribution in [2.45, 2.75) is 95.7 Å². The van der Waals surface area contributed by atoms with Crippen LogP contribution in [0.2, 0.25) is 0 Å². The molecule has 238 valence electrons. The summed E-state index contributed by atoms with van der Waals surface area (Å²) in [4.78, 5) is 57.2. The van der Waals surface area contributed by atoms with Gasteiger partial charge >= 0.3 is 0 Å². The summed E-state index contributed by atoms with van der Waals surface area (Å²) < 4.78 is 1.52. The number of piperazine rings is 1. The maximum Gasteiger partial charge on any atom is 0.270 e. The molecular weight excluding hydrogens is 556 g/mol. The number of piperidine rings is 1. The maximum absolute atomic E-state index is 13.7. The van der Waals surface area contributed by atoms with E-state index in [9.17, 15) is 19.2 Å². The van der Waals surface area contributed by atoms with E-state index < -0.39 is 12.1 Å². The number of ketones is 1. The molecule has 0 bridgehead atoms. The molecular formula is C34H48N6O4. The van der Waals surface area contributed by atoms with Gasteiger partial charge in [-0.15, -0.1) is 0 Å². The average Bonchev–Trinajstić information content (AvgIpc) is 3.49. The summed E-state index contributed by atoms with van der Waals surface area (Å²) in [5.41, 5.74) is 2.23. The summed E-state index contributed by atoms with van der Waals surface area (Å²) in [6.07, 6.45) is 11.2. The molecule has 0 spiro atoms. The lowest BCUT2D eigenvalue weighted by Crippen LogP contribution is -2.59. The van der Waals surface area contributed by atoms with E-state index in [2.05, 4.69) is 20.6 Å². The molecule has 0 radical (unpaired) electrons. The number of benzene rings is 1. The van der Waals surface area contributed by atoms with E-state index in [1.165, 1.54) is 17.5 Å². The van der Waals surface area contributed by atoms with Crippen molar-refractivity contribution in [1.29, 1.82) is 0 Å². The van der Waals surface area contributed by atoms with Crippen LogP contribution in [0, 0.1) is 5.92 Å². The van der Waals surface area contributed by atoms with Gasteiger partial charge in [0.05, 0.1) is 6.04 Å². The second-order valence-electron chi connectivity index (χ2n) is 12.8. The maximum atomic E-state index is 13.7. The summed E-state index contributed by atoms with van der Waals surface area (Å²) in [5.74, 6) is -0.305. The summed E-state index contributed by atoms with van der Waals surface area (Å²) >= 11 is 0. The van der Waals surface area contributed by atoms with Gasteiger partial charge in [0.15, 0.2) is 5.78 Å². The van der Waals surface area contributed by atoms with Gasteiger partial charge in [-0.1, -0.05) is 56.9 Å². The molecule has 1 aliphatic carbocycles. The zero-order valence-electron chi connectivity index (χ0n) is 26.3. The van der Waals surface area contributed by atoms with Crippen molar-refractivity contribution in [3.05, 3.63) is 53.3 Å². The number of hydrogen-bond donors (Lipinski definition) is 2. The quantitative estimate of drug-likeness (QED) is 0.407. The van der Waals surface area contributed by atoms with Crippen LogP contribution in [0.4, 0.5) is 0 Å². The van der Waals surface area contributed by atoms with Crippen LogP contribution in [0.1, 0.15) is 86.3 Å². The molecule has 3 atom stereocenters. The van der Waals surface area contributed by atoms with E-state index in [0.717, 1.165) is 69.3 Å². The molecule has 10 nitrogen and oxygen atoms in total. The zero-order valence-corrected chi connectivity index (χ0v) is 26.3. The number of fused-ring (bicyclic) bond motifs is 1. The Labute approximate surface area is 260 Å². The predicted octanol–water partition coefficient (Wildman–Crippen LogP) is 3.04. The fourth-order valence-corrected chi connectivity index (χ4v) is 7.15. The first-order valence-electron chi connectivity index (χ1n) is 16.5. The van der Waals surface area contributed by atoms with E-state index in [1.54, 1.807) is 26.2 Å². The Kier molecular flexibility index (Phi) is 10.8. The molecule has 1 saturated carbocycles. The number of aromatic nitrogens is 2. The summed E-state index contributed by atoms with van der Waals surface area (Å²) in [5, 5.41) is 10.1. The number of nitrogens with zero attached hydrogens (tertiary/aromatic N) is 4. The van der Waals surface area contributed by atoms with Crippen molar-refractivity contribution in [3.8, 4) is 0 Å². The minimum Gasteiger partial charge on any atom is -0.344 e. The molecule has 1 aromatic carbocycles. The number of hydrogen-bond acceptors (Lipinski definition) is 6. The van der Waals surface area contributed by atoms with E-state index in [1.807, 2.05) is 29.2 Å². The zero-order chi connectivity index (χ0) is 31.1. The molecule has 3 aliphatic rings. The van der Waals surface area contributed by atoms with E-state index in [-0.39, 0.29) is 35.8 Å². The molecule has 2 saturated heterocycles. The molecule has 3 heterocycles. The monoisotopic (exact) mass is 604 g/mol. The highest BCUT2D eigenvalue weighted by Gasteiger charge is 2.35. The van der Waals surface area contributed by atoms with Crippen molar-refractivity contribution in [2.24, 2.45) is 13.0 Å². The van der Waals surface area contributed by atoms with E-state index in [4.69, 9.17) is 0 Å². The topological polar surface area (TPSA) is 117 Å². The first kappa shape index (κ1) is 31.9. The highest BCUT2D eigenvalue weighted by molar-refractivity contribution is 5.97. The lowest BCUT2D eigenvalue weighted by Gasteiger charge is -2.44. The Morgan fingerprint density at radius 2 is 1.61 bits per heavy atom. The smallest absolute Gasteiger partial charge is 0.270 e. The number of carbonyl (C=O) groups excluding carboxylic acids is 4. The lowest BCUT2D eigenvalue weighted by atomic mass is 9.81. The number of carbonyl (C=O) groups is 4. The Hall–Kier alpha value is -3.53. The van der Waals surface area contributed by atoms with Crippen molar-refractivity contribution in [3.63, 3.8) is 0 Å². The van der Waals surface area contributed by atoms with Gasteiger partial charge in [0, 0.05) is 58.2 Å². The van der Waals surface area contributed by atoms with Crippen LogP contribution in [0.25, 0.3) is 0 Å². The molecule has 1 aromatic heterocycles. The highest BCUT2D eigenvalue weighted by Crippen LogP contribution is 2.28. The summed E-state index contributed by atoms with van der Waals surface area (Å²) in [6.45, 7) is 5.20. The Balaban J connectivity index is 1.24. The Morgan fingerprint density at radius 3 is 2.32 bits per heavy atom. The average molecular weight is 605 g/mol. The van der Waals surface area contributed by atoms with Gasteiger partial charge in [0.1, 0.15) is 11.7 Å². The number of aryl methyl sites for hydroxylation is 1. The van der Waals surface area contributed by atoms with Gasteiger partial charge in [-0.3, -0.25) is 28.8 Å². The van der Waals surface area contributed by atoms with Gasteiger partial charge in [0.25, 0.3) is 5.91 Å². The second-order valence-corrected chi connectivity index (χ2v) is 12.8. The minimum atomic E-state index is -0.622. The summed E-state index contributed by atoms with van der Waals surface area (Å²) in [7, 11) is 1.72. The molecule has 10 heteroatoms. The molecule has 3 fully saturated rings. The van der Waals surface area contributed by atoms with Crippen LogP contribution in [-0.2, 0) is 34.3 Å². The third kappa shape index (κ3) is 7.94. The molecule has 44 heavy (non-hydrogen) atoms. The molecule has 5 rings (SSSR count). The third-order valence-electron chi connectivity index (χ3n) is 9.75. The summed E-state index contributed by atoms with van der Waals surface area (Å²) in [6, 6.07) is 8.65. The molecule has 2 aliphatic heterocycles. The van der Waals surface area contributed by atoms with Crippen LogP contribution in [0.15, 0.2) is 36.5 Å². The van der Waals surface area contributed by atoms with Crippen molar-refractivity contribution in [1.82, 2.24) is 30.2 Å². The highest BCUT2D eigenvalue weighted by atomic mass is 16.2. The van der Waals surface area contributed by atoms with Gasteiger partial charge in [-0.25, -0.2) is 0 Å². The van der Waals surface area contributed by atoms with Crippen LogP contribution in [0.3, 0.4) is 0 Å². The van der Waals surface area contributed by atoms with Crippen LogP contribution >= 0.6 is 0 Å². The van der Waals surface area contributed by atoms with Gasteiger partial charge in [-0.05, 0) is 55.3 Å². The lowest BCUT2D eigenvalue weighted by molar-refractivity contribution is -0.139. The largest absolute Gasteiger partial charge is 0.344 e. The minimum absolute atomic E-state index is 0.00490. The normalized spacial score (nSPS) is 20.8. The molecule has 0 unspecified atom stereocenters. The van der Waals surface area contributed by atoms with Crippen molar-refractivity contribution in [2.75, 3.05) is 26.2 Å². The number of amides is 3. The fraction of sp³-hybridized carbons (Fsp3) is 0.618. The predicted molar refractivity (Wildman–Crippen MR) is 168 cm³/mol. The van der Waals surface area contributed by atoms with Crippen LogP contribution < -0.4 is 10.6 Å². The van der Waals surface area contributed by atoms with E-state index in [0.29, 0.717) is 31.1 Å². The SMILES string of the molecule is CCC(=O)N[C@H](Cc1ccc(CC(=O)[C@@H](NC(=O)c2ccnn2C)C2CCCCC2)cc1)C(=O)N1CCN2CCCC[C@H]2C1. The van der Waals surface area contributed by atoms with Crippen LogP contribution in [-0.4, -0.2) is 87.4 Å². The Bertz CT molecular complexity index is 1300. The number of nitrogens with one attached hydrogen (secondary N) is 2. The van der Waals surface area contributed by atoms with E-state index >= 15 is 0 Å².